The minimum absolute atomic E-state index is 0.0199. The maximum Gasteiger partial charge on any atom is 0.154 e. The molecule has 0 amide bonds. The van der Waals surface area contributed by atoms with Gasteiger partial charge >= 0.3 is 0 Å². The monoisotopic (exact) mass is 392 g/mol. The van der Waals surface area contributed by atoms with E-state index in [0.717, 1.165) is 28.9 Å². The summed E-state index contributed by atoms with van der Waals surface area (Å²) in [4.78, 5) is 0. The SMILES string of the molecule is CC.CCc1cc(OCc2ccccc2)ccc1-c1ccc(C(C)=N)c(N)c1F. The number of hydrogen-bond acceptors (Lipinski definition) is 3. The first-order valence-corrected chi connectivity index (χ1v) is 9.94. The Bertz CT molecular complexity index is 968. The van der Waals surface area contributed by atoms with E-state index in [0.29, 0.717) is 17.7 Å². The van der Waals surface area contributed by atoms with Crippen molar-refractivity contribution in [3.05, 3.63) is 83.2 Å². The average Bonchev–Trinajstić information content (AvgIpc) is 2.76. The molecule has 0 unspecified atom stereocenters. The van der Waals surface area contributed by atoms with Gasteiger partial charge in [0.15, 0.2) is 5.82 Å². The highest BCUT2D eigenvalue weighted by atomic mass is 19.1. The summed E-state index contributed by atoms with van der Waals surface area (Å²) in [6.07, 6.45) is 0.739. The lowest BCUT2D eigenvalue weighted by Gasteiger charge is -2.15. The Morgan fingerprint density at radius 2 is 1.66 bits per heavy atom. The van der Waals surface area contributed by atoms with Crippen LogP contribution < -0.4 is 10.5 Å². The quantitative estimate of drug-likeness (QED) is 0.365. The topological polar surface area (TPSA) is 59.1 Å². The van der Waals surface area contributed by atoms with Crippen molar-refractivity contribution in [2.75, 3.05) is 5.73 Å². The third-order valence-corrected chi connectivity index (χ3v) is 4.58. The Morgan fingerprint density at radius 1 is 1.00 bits per heavy atom. The Labute approximate surface area is 172 Å². The Morgan fingerprint density at radius 3 is 2.28 bits per heavy atom. The summed E-state index contributed by atoms with van der Waals surface area (Å²) in [5.74, 6) is 0.270. The molecule has 0 atom stereocenters. The molecule has 0 aliphatic carbocycles. The fourth-order valence-corrected chi connectivity index (χ4v) is 3.08. The second-order valence-electron chi connectivity index (χ2n) is 6.46. The molecule has 0 fully saturated rings. The summed E-state index contributed by atoms with van der Waals surface area (Å²) in [6.45, 7) is 8.11. The first-order valence-electron chi connectivity index (χ1n) is 9.94. The molecule has 3 N–H and O–H groups in total. The van der Waals surface area contributed by atoms with Crippen LogP contribution in [0.25, 0.3) is 11.1 Å². The zero-order valence-electron chi connectivity index (χ0n) is 17.6. The van der Waals surface area contributed by atoms with E-state index in [1.807, 2.05) is 69.3 Å². The number of anilines is 1. The average molecular weight is 393 g/mol. The van der Waals surface area contributed by atoms with Gasteiger partial charge in [0.1, 0.15) is 12.4 Å². The van der Waals surface area contributed by atoms with Gasteiger partial charge in [-0.3, -0.25) is 0 Å². The van der Waals surface area contributed by atoms with Crippen molar-refractivity contribution >= 4 is 11.4 Å². The smallest absolute Gasteiger partial charge is 0.154 e. The normalized spacial score (nSPS) is 10.1. The number of ether oxygens (including phenoxy) is 1. The van der Waals surface area contributed by atoms with E-state index in [1.54, 1.807) is 19.1 Å². The van der Waals surface area contributed by atoms with Gasteiger partial charge in [-0.25, -0.2) is 4.39 Å². The zero-order valence-corrected chi connectivity index (χ0v) is 17.6. The predicted octanol–water partition coefficient (Wildman–Crippen LogP) is 6.63. The van der Waals surface area contributed by atoms with E-state index >= 15 is 0 Å². The lowest BCUT2D eigenvalue weighted by molar-refractivity contribution is 0.306. The molecule has 3 nitrogen and oxygen atoms in total. The number of nitrogens with one attached hydrogen (secondary N) is 1. The van der Waals surface area contributed by atoms with Crippen LogP contribution in [0.4, 0.5) is 10.1 Å². The number of halogens is 1. The molecule has 29 heavy (non-hydrogen) atoms. The lowest BCUT2D eigenvalue weighted by Crippen LogP contribution is -2.04. The molecule has 0 saturated heterocycles. The highest BCUT2D eigenvalue weighted by molar-refractivity contribution is 6.01. The highest BCUT2D eigenvalue weighted by Gasteiger charge is 2.16. The van der Waals surface area contributed by atoms with Crippen molar-refractivity contribution in [2.24, 2.45) is 0 Å². The van der Waals surface area contributed by atoms with Crippen LogP contribution in [0, 0.1) is 11.2 Å². The van der Waals surface area contributed by atoms with Gasteiger partial charge in [-0.2, -0.15) is 0 Å². The summed E-state index contributed by atoms with van der Waals surface area (Å²) >= 11 is 0. The Kier molecular flexibility index (Phi) is 7.96. The molecule has 0 aromatic heterocycles. The predicted molar refractivity (Wildman–Crippen MR) is 120 cm³/mol. The molecule has 0 heterocycles. The van der Waals surface area contributed by atoms with Gasteiger partial charge in [0, 0.05) is 16.8 Å². The van der Waals surface area contributed by atoms with Crippen molar-refractivity contribution in [3.63, 3.8) is 0 Å². The molecule has 0 radical (unpaired) electrons. The second-order valence-corrected chi connectivity index (χ2v) is 6.46. The van der Waals surface area contributed by atoms with Gasteiger partial charge in [-0.15, -0.1) is 0 Å². The van der Waals surface area contributed by atoms with Crippen molar-refractivity contribution < 1.29 is 9.13 Å². The van der Waals surface area contributed by atoms with Crippen LogP contribution in [0.15, 0.2) is 60.7 Å². The first-order chi connectivity index (χ1) is 14.0. The van der Waals surface area contributed by atoms with Gasteiger partial charge in [-0.1, -0.05) is 69.3 Å². The number of aryl methyl sites for hydroxylation is 1. The molecule has 0 aliphatic rings. The standard InChI is InChI=1S/C23H23FN2O.C2H6/c1-3-17-13-18(27-14-16-7-5-4-6-8-16)9-10-20(17)21-12-11-19(15(2)25)23(26)22(21)24;1-2/h4-13,25H,3,14,26H2,1-2H3;1-2H3. The lowest BCUT2D eigenvalue weighted by atomic mass is 9.95. The van der Waals surface area contributed by atoms with E-state index in [1.165, 1.54) is 0 Å². The van der Waals surface area contributed by atoms with E-state index in [4.69, 9.17) is 15.9 Å². The summed E-state index contributed by atoms with van der Waals surface area (Å²) in [6, 6.07) is 19.0. The molecule has 3 aromatic rings. The fourth-order valence-electron chi connectivity index (χ4n) is 3.08. The molecule has 0 saturated carbocycles. The van der Waals surface area contributed by atoms with Gasteiger partial charge < -0.3 is 15.9 Å². The number of benzene rings is 3. The summed E-state index contributed by atoms with van der Waals surface area (Å²) in [5.41, 5.74) is 9.93. The summed E-state index contributed by atoms with van der Waals surface area (Å²) in [5, 5.41) is 7.71. The summed E-state index contributed by atoms with van der Waals surface area (Å²) in [7, 11) is 0. The van der Waals surface area contributed by atoms with Crippen molar-refractivity contribution in [3.8, 4) is 16.9 Å². The molecule has 3 rings (SSSR count). The molecular weight excluding hydrogens is 363 g/mol. The van der Waals surface area contributed by atoms with Crippen molar-refractivity contribution in [1.82, 2.24) is 0 Å². The number of hydrogen-bond donors (Lipinski definition) is 2. The van der Waals surface area contributed by atoms with E-state index in [2.05, 4.69) is 0 Å². The largest absolute Gasteiger partial charge is 0.489 e. The molecule has 3 aromatic carbocycles. The van der Waals surface area contributed by atoms with Gasteiger partial charge in [0.25, 0.3) is 0 Å². The van der Waals surface area contributed by atoms with E-state index in [9.17, 15) is 4.39 Å². The minimum atomic E-state index is -0.480. The van der Waals surface area contributed by atoms with Crippen molar-refractivity contribution in [2.45, 2.75) is 40.7 Å². The first kappa shape index (κ1) is 22.2. The number of rotatable bonds is 6. The third kappa shape index (κ3) is 5.23. The minimum Gasteiger partial charge on any atom is -0.489 e. The maximum absolute atomic E-state index is 14.8. The zero-order chi connectivity index (χ0) is 21.4. The van der Waals surface area contributed by atoms with Crippen LogP contribution >= 0.6 is 0 Å². The van der Waals surface area contributed by atoms with Gasteiger partial charge in [0.05, 0.1) is 5.69 Å². The maximum atomic E-state index is 14.8. The Hall–Kier alpha value is -3.14. The molecule has 4 heteroatoms. The van der Waals surface area contributed by atoms with Crippen LogP contribution in [-0.2, 0) is 13.0 Å². The van der Waals surface area contributed by atoms with Crippen LogP contribution in [-0.4, -0.2) is 5.71 Å². The van der Waals surface area contributed by atoms with Gasteiger partial charge in [0.2, 0.25) is 0 Å². The van der Waals surface area contributed by atoms with Crippen LogP contribution in [0.2, 0.25) is 0 Å². The molecule has 0 spiro atoms. The van der Waals surface area contributed by atoms with Gasteiger partial charge in [-0.05, 0) is 42.2 Å². The second kappa shape index (κ2) is 10.4. The highest BCUT2D eigenvalue weighted by Crippen LogP contribution is 2.33. The molecular formula is C25H29FN2O. The molecule has 152 valence electrons. The van der Waals surface area contributed by atoms with Crippen LogP contribution in [0.5, 0.6) is 5.75 Å². The Balaban J connectivity index is 0.00000145. The van der Waals surface area contributed by atoms with E-state index < -0.39 is 5.82 Å². The van der Waals surface area contributed by atoms with Crippen LogP contribution in [0.3, 0.4) is 0 Å². The number of nitrogen functional groups attached to an aromatic ring is 1. The van der Waals surface area contributed by atoms with Crippen LogP contribution in [0.1, 0.15) is 44.4 Å². The molecule has 0 bridgehead atoms. The third-order valence-electron chi connectivity index (χ3n) is 4.58. The fraction of sp³-hybridized carbons (Fsp3) is 0.240. The van der Waals surface area contributed by atoms with E-state index in [-0.39, 0.29) is 11.4 Å². The summed E-state index contributed by atoms with van der Waals surface area (Å²) < 4.78 is 20.7. The van der Waals surface area contributed by atoms with Crippen molar-refractivity contribution in [1.29, 1.82) is 5.41 Å². The number of nitrogens with two attached hydrogens (primary N) is 1. The molecule has 0 aliphatic heterocycles.